The number of nitriles is 1. The number of rotatable bonds is 5. The van der Waals surface area contributed by atoms with E-state index in [1.54, 1.807) is 0 Å². The van der Waals surface area contributed by atoms with E-state index < -0.39 is 5.41 Å². The third kappa shape index (κ3) is 5.22. The molecule has 48 heavy (non-hydrogen) atoms. The Hall–Kier alpha value is -6.31. The zero-order chi connectivity index (χ0) is 32.7. The fourth-order valence-corrected chi connectivity index (χ4v) is 6.68. The Balaban J connectivity index is 1.20. The second kappa shape index (κ2) is 11.8. The van der Waals surface area contributed by atoms with Gasteiger partial charge in [-0.1, -0.05) is 129 Å². The van der Waals surface area contributed by atoms with E-state index in [1.165, 1.54) is 5.56 Å². The number of ether oxygens (including phenoxy) is 1. The number of nitrogens with zero attached hydrogens (tertiary/aromatic N) is 3. The molecule has 6 aromatic carbocycles. The Bertz CT molecular complexity index is 2340. The van der Waals surface area contributed by atoms with Crippen molar-refractivity contribution in [2.75, 3.05) is 0 Å². The Morgan fingerprint density at radius 2 is 1.06 bits per heavy atom. The van der Waals surface area contributed by atoms with E-state index in [-0.39, 0.29) is 0 Å². The SMILES string of the molecule is CC1(C)c2cc(-c3cccc(-c4cc(-c5ccc(-c6ccccc6)cc5)nc(-c5ccccc5)n4)c3)ccc2Oc2cccc(C#N)c21. The van der Waals surface area contributed by atoms with Crippen LogP contribution in [0.3, 0.4) is 0 Å². The predicted octanol–water partition coefficient (Wildman–Crippen LogP) is 11.1. The van der Waals surface area contributed by atoms with Gasteiger partial charge in [-0.05, 0) is 58.7 Å². The van der Waals surface area contributed by atoms with Gasteiger partial charge in [0.2, 0.25) is 0 Å². The molecule has 7 aromatic rings. The smallest absolute Gasteiger partial charge is 0.160 e. The molecule has 1 aliphatic rings. The molecule has 0 saturated heterocycles. The summed E-state index contributed by atoms with van der Waals surface area (Å²) < 4.78 is 6.31. The average Bonchev–Trinajstić information content (AvgIpc) is 3.15. The van der Waals surface area contributed by atoms with Crippen LogP contribution < -0.4 is 4.74 Å². The van der Waals surface area contributed by atoms with Crippen LogP contribution in [0.25, 0.3) is 56.2 Å². The molecule has 0 aliphatic carbocycles. The standard InChI is InChI=1S/C44H31N3O/c1-44(2)37-26-34(23-24-40(37)48-41-18-10-17-36(28-45)42(41)44)33-15-9-16-35(25-33)39-27-38(46-43(47-39)32-13-7-4-8-14-32)31-21-19-30(20-22-31)29-11-5-3-6-12-29/h3-27H,1-2H3. The maximum absolute atomic E-state index is 9.87. The first-order chi connectivity index (χ1) is 23.5. The van der Waals surface area contributed by atoms with E-state index in [2.05, 4.69) is 111 Å². The van der Waals surface area contributed by atoms with Crippen LogP contribution in [0, 0.1) is 11.3 Å². The van der Waals surface area contributed by atoms with Crippen molar-refractivity contribution in [1.29, 1.82) is 5.26 Å². The number of aromatic nitrogens is 2. The van der Waals surface area contributed by atoms with Gasteiger partial charge in [-0.2, -0.15) is 5.26 Å². The van der Waals surface area contributed by atoms with Crippen LogP contribution in [0.5, 0.6) is 11.5 Å². The summed E-state index contributed by atoms with van der Waals surface area (Å²) in [5, 5.41) is 9.87. The topological polar surface area (TPSA) is 58.8 Å². The van der Waals surface area contributed by atoms with Crippen LogP contribution in [0.15, 0.2) is 152 Å². The van der Waals surface area contributed by atoms with Crippen molar-refractivity contribution in [2.45, 2.75) is 19.3 Å². The maximum atomic E-state index is 9.87. The Labute approximate surface area is 280 Å². The minimum absolute atomic E-state index is 0.412. The van der Waals surface area contributed by atoms with Gasteiger partial charge in [0.05, 0.1) is 23.0 Å². The van der Waals surface area contributed by atoms with Crippen molar-refractivity contribution in [3.63, 3.8) is 0 Å². The fraction of sp³-hybridized carbons (Fsp3) is 0.0682. The van der Waals surface area contributed by atoms with Crippen LogP contribution in [-0.4, -0.2) is 9.97 Å². The molecular formula is C44H31N3O. The van der Waals surface area contributed by atoms with Crippen molar-refractivity contribution in [2.24, 2.45) is 0 Å². The van der Waals surface area contributed by atoms with Crippen molar-refractivity contribution >= 4 is 0 Å². The van der Waals surface area contributed by atoms with Crippen molar-refractivity contribution in [3.8, 4) is 73.7 Å². The first-order valence-electron chi connectivity index (χ1n) is 16.0. The molecule has 8 rings (SSSR count). The molecule has 0 bridgehead atoms. The maximum Gasteiger partial charge on any atom is 0.160 e. The van der Waals surface area contributed by atoms with Gasteiger partial charge in [0.25, 0.3) is 0 Å². The predicted molar refractivity (Wildman–Crippen MR) is 193 cm³/mol. The van der Waals surface area contributed by atoms with Crippen molar-refractivity contribution in [3.05, 3.63) is 168 Å². The normalized spacial score (nSPS) is 12.7. The van der Waals surface area contributed by atoms with Gasteiger partial charge in [0.1, 0.15) is 11.5 Å². The fourth-order valence-electron chi connectivity index (χ4n) is 6.68. The van der Waals surface area contributed by atoms with Crippen LogP contribution in [0.4, 0.5) is 0 Å². The highest BCUT2D eigenvalue weighted by Gasteiger charge is 2.36. The number of fused-ring (bicyclic) bond motifs is 2. The first-order valence-corrected chi connectivity index (χ1v) is 16.0. The lowest BCUT2D eigenvalue weighted by molar-refractivity contribution is 0.417. The lowest BCUT2D eigenvalue weighted by Crippen LogP contribution is -2.25. The van der Waals surface area contributed by atoms with Gasteiger partial charge >= 0.3 is 0 Å². The second-order valence-electron chi connectivity index (χ2n) is 12.6. The van der Waals surface area contributed by atoms with Crippen LogP contribution in [0.1, 0.15) is 30.5 Å². The molecule has 0 atom stereocenters. The van der Waals surface area contributed by atoms with E-state index in [0.29, 0.717) is 11.4 Å². The molecule has 0 unspecified atom stereocenters. The summed E-state index contributed by atoms with van der Waals surface area (Å²) in [6.07, 6.45) is 0. The molecule has 0 spiro atoms. The lowest BCUT2D eigenvalue weighted by atomic mass is 9.73. The van der Waals surface area contributed by atoms with E-state index >= 15 is 0 Å². The quantitative estimate of drug-likeness (QED) is 0.193. The van der Waals surface area contributed by atoms with Crippen molar-refractivity contribution < 1.29 is 4.74 Å². The highest BCUT2D eigenvalue weighted by atomic mass is 16.5. The van der Waals surface area contributed by atoms with E-state index in [1.807, 2.05) is 60.7 Å². The minimum atomic E-state index is -0.412. The zero-order valence-electron chi connectivity index (χ0n) is 26.7. The molecule has 228 valence electrons. The summed E-state index contributed by atoms with van der Waals surface area (Å²) >= 11 is 0. The number of hydrogen-bond acceptors (Lipinski definition) is 4. The van der Waals surface area contributed by atoms with Gasteiger partial charge in [0.15, 0.2) is 5.82 Å². The second-order valence-corrected chi connectivity index (χ2v) is 12.6. The molecule has 2 heterocycles. The Kier molecular flexibility index (Phi) is 7.16. The van der Waals surface area contributed by atoms with Crippen LogP contribution in [-0.2, 0) is 5.41 Å². The molecule has 0 saturated carbocycles. The molecule has 4 heteroatoms. The summed E-state index contributed by atoms with van der Waals surface area (Å²) in [6.45, 7) is 4.32. The van der Waals surface area contributed by atoms with Crippen LogP contribution >= 0.6 is 0 Å². The molecule has 1 aliphatic heterocycles. The summed E-state index contributed by atoms with van der Waals surface area (Å²) in [7, 11) is 0. The third-order valence-corrected chi connectivity index (χ3v) is 9.18. The summed E-state index contributed by atoms with van der Waals surface area (Å²) in [6, 6.07) is 54.0. The largest absolute Gasteiger partial charge is 0.457 e. The molecule has 4 nitrogen and oxygen atoms in total. The van der Waals surface area contributed by atoms with Gasteiger partial charge < -0.3 is 4.74 Å². The Morgan fingerprint density at radius 3 is 1.79 bits per heavy atom. The summed E-state index contributed by atoms with van der Waals surface area (Å²) in [5.41, 5.74) is 11.4. The molecule has 0 fully saturated rings. The monoisotopic (exact) mass is 617 g/mol. The van der Waals surface area contributed by atoms with Gasteiger partial charge in [-0.25, -0.2) is 9.97 Å². The van der Waals surface area contributed by atoms with E-state index in [0.717, 1.165) is 67.4 Å². The molecule has 1 aromatic heterocycles. The number of benzene rings is 6. The lowest BCUT2D eigenvalue weighted by Gasteiger charge is -2.35. The zero-order valence-corrected chi connectivity index (χ0v) is 26.7. The highest BCUT2D eigenvalue weighted by Crippen LogP contribution is 2.50. The third-order valence-electron chi connectivity index (χ3n) is 9.18. The molecular weight excluding hydrogens is 587 g/mol. The Morgan fingerprint density at radius 1 is 0.500 bits per heavy atom. The molecule has 0 amide bonds. The number of hydrogen-bond donors (Lipinski definition) is 0. The van der Waals surface area contributed by atoms with E-state index in [4.69, 9.17) is 14.7 Å². The summed E-state index contributed by atoms with van der Waals surface area (Å²) in [5.74, 6) is 2.23. The minimum Gasteiger partial charge on any atom is -0.457 e. The van der Waals surface area contributed by atoms with Crippen LogP contribution in [0.2, 0.25) is 0 Å². The van der Waals surface area contributed by atoms with Crippen molar-refractivity contribution in [1.82, 2.24) is 9.97 Å². The van der Waals surface area contributed by atoms with Gasteiger partial charge in [0, 0.05) is 33.2 Å². The van der Waals surface area contributed by atoms with E-state index in [9.17, 15) is 5.26 Å². The molecule has 0 radical (unpaired) electrons. The van der Waals surface area contributed by atoms with Gasteiger partial charge in [-0.3, -0.25) is 0 Å². The molecule has 0 N–H and O–H groups in total. The summed E-state index contributed by atoms with van der Waals surface area (Å²) in [4.78, 5) is 10.1. The van der Waals surface area contributed by atoms with Gasteiger partial charge in [-0.15, -0.1) is 0 Å². The first kappa shape index (κ1) is 29.1. The average molecular weight is 618 g/mol. The highest BCUT2D eigenvalue weighted by molar-refractivity contribution is 5.78.